The Labute approximate surface area is 188 Å². The molecule has 5 nitrogen and oxygen atoms in total. The van der Waals surface area contributed by atoms with Crippen molar-refractivity contribution in [3.63, 3.8) is 0 Å². The number of halogens is 2. The maximum atomic E-state index is 13.4. The minimum atomic E-state index is -2.47. The van der Waals surface area contributed by atoms with E-state index in [9.17, 15) is 13.6 Å². The summed E-state index contributed by atoms with van der Waals surface area (Å²) in [7, 11) is 0. The van der Waals surface area contributed by atoms with Crippen molar-refractivity contribution in [1.29, 1.82) is 0 Å². The molecule has 1 amide bonds. The van der Waals surface area contributed by atoms with Gasteiger partial charge in [0.25, 0.3) is 0 Å². The number of carbonyl (C=O) groups is 1. The first kappa shape index (κ1) is 21.6. The highest BCUT2D eigenvalue weighted by Gasteiger charge is 2.41. The normalized spacial score (nSPS) is 28.1. The van der Waals surface area contributed by atoms with Crippen LogP contribution in [0.15, 0.2) is 36.8 Å². The van der Waals surface area contributed by atoms with Crippen LogP contribution in [0.1, 0.15) is 78.9 Å². The molecule has 0 unspecified atom stereocenters. The molecule has 2 N–H and O–H groups in total. The summed E-state index contributed by atoms with van der Waals surface area (Å²) < 4.78 is 28.9. The number of carbonyl (C=O) groups excluding carboxylic acids is 1. The molecular formula is C25H32F2N4O. The van der Waals surface area contributed by atoms with Crippen molar-refractivity contribution in [3.05, 3.63) is 53.6 Å². The Morgan fingerprint density at radius 2 is 1.84 bits per heavy atom. The average Bonchev–Trinajstić information content (AvgIpc) is 3.29. The van der Waals surface area contributed by atoms with E-state index in [4.69, 9.17) is 5.73 Å². The van der Waals surface area contributed by atoms with Gasteiger partial charge in [-0.15, -0.1) is 0 Å². The Morgan fingerprint density at radius 3 is 2.53 bits per heavy atom. The van der Waals surface area contributed by atoms with Crippen LogP contribution in [0.5, 0.6) is 0 Å². The smallest absolute Gasteiger partial charge is 0.248 e. The van der Waals surface area contributed by atoms with Crippen LogP contribution in [0.3, 0.4) is 0 Å². The summed E-state index contributed by atoms with van der Waals surface area (Å²) in [5.74, 6) is -2.06. The second-order valence-electron chi connectivity index (χ2n) is 10.1. The molecule has 0 spiro atoms. The molecule has 1 aliphatic carbocycles. The van der Waals surface area contributed by atoms with Crippen molar-refractivity contribution in [3.8, 4) is 0 Å². The molecule has 7 heteroatoms. The first-order valence-corrected chi connectivity index (χ1v) is 11.9. The molecule has 32 heavy (non-hydrogen) atoms. The first-order chi connectivity index (χ1) is 15.4. The fourth-order valence-corrected chi connectivity index (χ4v) is 6.11. The summed E-state index contributed by atoms with van der Waals surface area (Å²) in [6, 6.07) is 8.86. The minimum absolute atomic E-state index is 0.0138. The fourth-order valence-electron chi connectivity index (χ4n) is 6.11. The average molecular weight is 443 g/mol. The largest absolute Gasteiger partial charge is 0.366 e. The van der Waals surface area contributed by atoms with Gasteiger partial charge in [-0.25, -0.2) is 13.8 Å². The zero-order chi connectivity index (χ0) is 22.3. The summed E-state index contributed by atoms with van der Waals surface area (Å²) >= 11 is 0. The zero-order valence-electron chi connectivity index (χ0n) is 18.4. The molecule has 172 valence electrons. The molecule has 1 aromatic carbocycles. The Hall–Kier alpha value is -2.28. The molecule has 0 radical (unpaired) electrons. The highest BCUT2D eigenvalue weighted by Crippen LogP contribution is 2.44. The Balaban J connectivity index is 1.19. The van der Waals surface area contributed by atoms with E-state index in [1.165, 1.54) is 18.4 Å². The molecule has 1 aromatic heterocycles. The molecule has 2 bridgehead atoms. The van der Waals surface area contributed by atoms with Crippen molar-refractivity contribution in [2.75, 3.05) is 0 Å². The van der Waals surface area contributed by atoms with Crippen molar-refractivity contribution < 1.29 is 13.6 Å². The standard InChI is InChI=1S/C25H32F2N4O/c26-25(27)8-6-17(7-9-25)13-30-14-21(29-16-30)15-31-22-4-5-23(31)12-20(11-22)18-2-1-3-19(10-18)24(28)32/h1-3,10,14,16-17,20,22-23H,4-9,11-13,15H2,(H2,28,32)/t20-,22+,23-. The lowest BCUT2D eigenvalue weighted by Crippen LogP contribution is -2.41. The molecule has 5 rings (SSSR count). The summed E-state index contributed by atoms with van der Waals surface area (Å²) in [5, 5.41) is 0. The summed E-state index contributed by atoms with van der Waals surface area (Å²) in [6.45, 7) is 1.63. The van der Waals surface area contributed by atoms with Crippen molar-refractivity contribution in [2.24, 2.45) is 11.7 Å². The maximum absolute atomic E-state index is 13.4. The second kappa shape index (κ2) is 8.58. The third-order valence-electron chi connectivity index (χ3n) is 7.86. The number of nitrogens with two attached hydrogens (primary N) is 1. The van der Waals surface area contributed by atoms with Gasteiger partial charge < -0.3 is 10.3 Å². The van der Waals surface area contributed by atoms with Crippen molar-refractivity contribution in [1.82, 2.24) is 14.5 Å². The highest BCUT2D eigenvalue weighted by molar-refractivity contribution is 5.92. The van der Waals surface area contributed by atoms with E-state index >= 15 is 0 Å². The van der Waals surface area contributed by atoms with Crippen LogP contribution >= 0.6 is 0 Å². The van der Waals surface area contributed by atoms with Gasteiger partial charge in [-0.2, -0.15) is 0 Å². The van der Waals surface area contributed by atoms with Crippen LogP contribution in [0.2, 0.25) is 0 Å². The van der Waals surface area contributed by atoms with E-state index in [2.05, 4.69) is 26.7 Å². The van der Waals surface area contributed by atoms with Gasteiger partial charge in [-0.1, -0.05) is 12.1 Å². The van der Waals surface area contributed by atoms with Gasteiger partial charge >= 0.3 is 0 Å². The number of rotatable bonds is 6. The Morgan fingerprint density at radius 1 is 1.12 bits per heavy atom. The van der Waals surface area contributed by atoms with Crippen LogP contribution in [0, 0.1) is 5.92 Å². The number of amides is 1. The maximum Gasteiger partial charge on any atom is 0.248 e. The van der Waals surface area contributed by atoms with Crippen LogP contribution in [0.25, 0.3) is 0 Å². The van der Waals surface area contributed by atoms with Gasteiger partial charge in [-0.05, 0) is 68.1 Å². The van der Waals surface area contributed by atoms with Gasteiger partial charge in [-0.3, -0.25) is 9.69 Å². The fraction of sp³-hybridized carbons (Fsp3) is 0.600. The number of fused-ring (bicyclic) bond motifs is 2. The number of hydrogen-bond acceptors (Lipinski definition) is 3. The minimum Gasteiger partial charge on any atom is -0.366 e. The molecule has 2 aliphatic heterocycles. The van der Waals surface area contributed by atoms with E-state index in [-0.39, 0.29) is 18.7 Å². The number of primary amides is 1. The van der Waals surface area contributed by atoms with Gasteiger partial charge in [0, 0.05) is 49.8 Å². The molecule has 3 heterocycles. The lowest BCUT2D eigenvalue weighted by Gasteiger charge is -2.39. The molecule has 2 saturated heterocycles. The van der Waals surface area contributed by atoms with E-state index < -0.39 is 5.92 Å². The molecule has 3 fully saturated rings. The van der Waals surface area contributed by atoms with Crippen LogP contribution in [-0.2, 0) is 13.1 Å². The van der Waals surface area contributed by atoms with E-state index in [0.717, 1.165) is 31.6 Å². The summed E-state index contributed by atoms with van der Waals surface area (Å²) in [5.41, 5.74) is 8.35. The highest BCUT2D eigenvalue weighted by atomic mass is 19.3. The van der Waals surface area contributed by atoms with E-state index in [1.54, 1.807) is 6.07 Å². The van der Waals surface area contributed by atoms with E-state index in [0.29, 0.717) is 42.3 Å². The van der Waals surface area contributed by atoms with Gasteiger partial charge in [0.2, 0.25) is 11.8 Å². The molecular weight excluding hydrogens is 410 g/mol. The zero-order valence-corrected chi connectivity index (χ0v) is 18.4. The third kappa shape index (κ3) is 4.58. The summed E-state index contributed by atoms with van der Waals surface area (Å²) in [4.78, 5) is 18.8. The lowest BCUT2D eigenvalue weighted by atomic mass is 9.84. The monoisotopic (exact) mass is 442 g/mol. The summed E-state index contributed by atoms with van der Waals surface area (Å²) in [6.07, 6.45) is 9.78. The topological polar surface area (TPSA) is 64.2 Å². The number of hydrogen-bond donors (Lipinski definition) is 1. The van der Waals surface area contributed by atoms with Crippen molar-refractivity contribution in [2.45, 2.75) is 88.4 Å². The van der Waals surface area contributed by atoms with E-state index in [1.807, 2.05) is 18.5 Å². The predicted octanol–water partition coefficient (Wildman–Crippen LogP) is 4.72. The van der Waals surface area contributed by atoms with Crippen LogP contribution < -0.4 is 5.73 Å². The van der Waals surface area contributed by atoms with Gasteiger partial charge in [0.1, 0.15) is 0 Å². The number of imidazole rings is 1. The number of aromatic nitrogens is 2. The molecule has 3 aliphatic rings. The number of nitrogens with zero attached hydrogens (tertiary/aromatic N) is 3. The SMILES string of the molecule is NC(=O)c1cccc([C@H]2C[C@H]3CC[C@@H](C2)N3Cc2cn(CC3CCC(F)(F)CC3)cn2)c1. The number of piperidine rings is 1. The molecule has 1 saturated carbocycles. The Kier molecular flexibility index (Phi) is 5.78. The lowest BCUT2D eigenvalue weighted by molar-refractivity contribution is -0.0473. The molecule has 2 aromatic rings. The molecule has 3 atom stereocenters. The second-order valence-corrected chi connectivity index (χ2v) is 10.1. The van der Waals surface area contributed by atoms with Crippen LogP contribution in [-0.4, -0.2) is 38.4 Å². The van der Waals surface area contributed by atoms with Gasteiger partial charge in [0.05, 0.1) is 12.0 Å². The van der Waals surface area contributed by atoms with Gasteiger partial charge in [0.15, 0.2) is 0 Å². The third-order valence-corrected chi connectivity index (χ3v) is 7.86. The number of benzene rings is 1. The quantitative estimate of drug-likeness (QED) is 0.704. The first-order valence-electron chi connectivity index (χ1n) is 11.9. The van der Waals surface area contributed by atoms with Crippen LogP contribution in [0.4, 0.5) is 8.78 Å². The predicted molar refractivity (Wildman–Crippen MR) is 118 cm³/mol. The Bertz CT molecular complexity index is 950. The van der Waals surface area contributed by atoms with Crippen molar-refractivity contribution >= 4 is 5.91 Å². The number of alkyl halides is 2.